The molecule has 1 fully saturated rings. The van der Waals surface area contributed by atoms with Crippen molar-refractivity contribution in [1.29, 1.82) is 0 Å². The Balaban J connectivity index is 2.19. The molecule has 1 saturated heterocycles. The molecule has 0 aliphatic carbocycles. The molecule has 0 radical (unpaired) electrons. The number of thiocarbonyl (C=S) groups is 1. The van der Waals surface area contributed by atoms with Crippen LogP contribution in [0.2, 0.25) is 0 Å². The van der Waals surface area contributed by atoms with Gasteiger partial charge in [0.1, 0.15) is 22.3 Å². The molecule has 1 aromatic rings. The van der Waals surface area contributed by atoms with E-state index in [0.717, 1.165) is 12.8 Å². The van der Waals surface area contributed by atoms with E-state index in [1.807, 2.05) is 0 Å². The second-order valence-electron chi connectivity index (χ2n) is 6.78. The molecule has 1 aliphatic rings. The number of halogens is 2. The van der Waals surface area contributed by atoms with E-state index in [1.165, 1.54) is 12.1 Å². The van der Waals surface area contributed by atoms with Crippen LogP contribution in [-0.2, 0) is 0 Å². The highest BCUT2D eigenvalue weighted by Crippen LogP contribution is 2.36. The Morgan fingerprint density at radius 2 is 1.67 bits per heavy atom. The first kappa shape index (κ1) is 16.1. The molecule has 1 aromatic carbocycles. The first-order valence-corrected chi connectivity index (χ1v) is 7.64. The van der Waals surface area contributed by atoms with Gasteiger partial charge < -0.3 is 10.6 Å². The molecule has 0 atom stereocenters. The lowest BCUT2D eigenvalue weighted by atomic mass is 9.75. The van der Waals surface area contributed by atoms with Crippen LogP contribution in [0.1, 0.15) is 39.2 Å². The summed E-state index contributed by atoms with van der Waals surface area (Å²) in [6.07, 6.45) is 1.89. The summed E-state index contributed by atoms with van der Waals surface area (Å²) in [6, 6.07) is 2.44. The summed E-state index contributed by atoms with van der Waals surface area (Å²) < 4.78 is 28.4. The molecule has 0 amide bonds. The average molecular weight is 312 g/mol. The van der Waals surface area contributed by atoms with E-state index in [9.17, 15) is 8.78 Å². The molecular weight excluding hydrogens is 290 g/mol. The fourth-order valence-electron chi connectivity index (χ4n) is 2.98. The molecule has 0 aromatic heterocycles. The Hall–Kier alpha value is -1.23. The van der Waals surface area contributed by atoms with E-state index in [4.69, 9.17) is 18.0 Å². The van der Waals surface area contributed by atoms with E-state index in [2.05, 4.69) is 20.8 Å². The number of anilines is 1. The third-order valence-electron chi connectivity index (χ3n) is 4.34. The van der Waals surface area contributed by atoms with Gasteiger partial charge >= 0.3 is 0 Å². The van der Waals surface area contributed by atoms with Gasteiger partial charge in [-0.05, 0) is 36.3 Å². The van der Waals surface area contributed by atoms with Gasteiger partial charge in [0.2, 0.25) is 0 Å². The predicted molar refractivity (Wildman–Crippen MR) is 86.6 cm³/mol. The van der Waals surface area contributed by atoms with Crippen molar-refractivity contribution in [3.63, 3.8) is 0 Å². The molecule has 0 saturated carbocycles. The molecule has 0 unspecified atom stereocenters. The Morgan fingerprint density at radius 1 is 1.19 bits per heavy atom. The predicted octanol–water partition coefficient (Wildman–Crippen LogP) is 3.86. The smallest absolute Gasteiger partial charge is 0.150 e. The fourth-order valence-corrected chi connectivity index (χ4v) is 3.10. The van der Waals surface area contributed by atoms with Crippen LogP contribution < -0.4 is 10.6 Å². The summed E-state index contributed by atoms with van der Waals surface area (Å²) in [5.41, 5.74) is 5.94. The standard InChI is InChI=1S/C16H22F2N2S/c1-16(2,3)11-4-6-20(7-5-11)14-12(17)8-10(15(19)21)9-13(14)18/h8-9,11H,4-7H2,1-3H3,(H2,19,21). The van der Waals surface area contributed by atoms with Crippen molar-refractivity contribution in [3.8, 4) is 0 Å². The minimum absolute atomic E-state index is 0.00536. The molecule has 2 rings (SSSR count). The van der Waals surface area contributed by atoms with Crippen LogP contribution in [0.3, 0.4) is 0 Å². The maximum Gasteiger partial charge on any atom is 0.150 e. The van der Waals surface area contributed by atoms with Crippen molar-refractivity contribution in [1.82, 2.24) is 0 Å². The highest BCUT2D eigenvalue weighted by atomic mass is 32.1. The Morgan fingerprint density at radius 3 is 2.05 bits per heavy atom. The van der Waals surface area contributed by atoms with Crippen molar-refractivity contribution in [2.24, 2.45) is 17.1 Å². The Labute approximate surface area is 130 Å². The number of piperidine rings is 1. The van der Waals surface area contributed by atoms with E-state index in [0.29, 0.717) is 19.0 Å². The summed E-state index contributed by atoms with van der Waals surface area (Å²) >= 11 is 4.77. The van der Waals surface area contributed by atoms with Gasteiger partial charge in [-0.1, -0.05) is 33.0 Å². The zero-order chi connectivity index (χ0) is 15.8. The summed E-state index contributed by atoms with van der Waals surface area (Å²) in [7, 11) is 0. The first-order chi connectivity index (χ1) is 9.70. The molecular formula is C16H22F2N2S. The number of hydrogen-bond donors (Lipinski definition) is 1. The quantitative estimate of drug-likeness (QED) is 0.841. The molecule has 21 heavy (non-hydrogen) atoms. The summed E-state index contributed by atoms with van der Waals surface area (Å²) in [5, 5.41) is 0. The molecule has 1 aliphatic heterocycles. The van der Waals surface area contributed by atoms with Crippen molar-refractivity contribution in [2.45, 2.75) is 33.6 Å². The summed E-state index contributed by atoms with van der Waals surface area (Å²) in [6.45, 7) is 7.98. The molecule has 0 bridgehead atoms. The van der Waals surface area contributed by atoms with E-state index in [1.54, 1.807) is 4.90 Å². The van der Waals surface area contributed by atoms with Gasteiger partial charge in [0.05, 0.1) is 0 Å². The van der Waals surface area contributed by atoms with Crippen molar-refractivity contribution >= 4 is 22.9 Å². The second-order valence-corrected chi connectivity index (χ2v) is 7.22. The number of nitrogens with two attached hydrogens (primary N) is 1. The number of hydrogen-bond acceptors (Lipinski definition) is 2. The van der Waals surface area contributed by atoms with Crippen LogP contribution in [-0.4, -0.2) is 18.1 Å². The highest BCUT2D eigenvalue weighted by molar-refractivity contribution is 7.80. The summed E-state index contributed by atoms with van der Waals surface area (Å²) in [4.78, 5) is 1.79. The normalized spacial score (nSPS) is 17.1. The van der Waals surface area contributed by atoms with Crippen LogP contribution in [0.4, 0.5) is 14.5 Å². The van der Waals surface area contributed by atoms with Crippen LogP contribution >= 0.6 is 12.2 Å². The van der Waals surface area contributed by atoms with Crippen LogP contribution in [0.25, 0.3) is 0 Å². The molecule has 2 nitrogen and oxygen atoms in total. The molecule has 1 heterocycles. The summed E-state index contributed by atoms with van der Waals surface area (Å²) in [5.74, 6) is -0.602. The van der Waals surface area contributed by atoms with Crippen LogP contribution in [0.5, 0.6) is 0 Å². The zero-order valence-electron chi connectivity index (χ0n) is 12.7. The lowest BCUT2D eigenvalue weighted by Gasteiger charge is -2.39. The minimum Gasteiger partial charge on any atom is -0.389 e. The van der Waals surface area contributed by atoms with Gasteiger partial charge in [-0.15, -0.1) is 0 Å². The largest absolute Gasteiger partial charge is 0.389 e. The van der Waals surface area contributed by atoms with Crippen LogP contribution in [0.15, 0.2) is 12.1 Å². The average Bonchev–Trinajstić information content (AvgIpc) is 2.37. The maximum atomic E-state index is 14.2. The fraction of sp³-hybridized carbons (Fsp3) is 0.562. The maximum absolute atomic E-state index is 14.2. The third-order valence-corrected chi connectivity index (χ3v) is 4.57. The topological polar surface area (TPSA) is 29.3 Å². The van der Waals surface area contributed by atoms with Crippen molar-refractivity contribution in [3.05, 3.63) is 29.3 Å². The number of nitrogens with zero attached hydrogens (tertiary/aromatic N) is 1. The minimum atomic E-state index is -0.591. The first-order valence-electron chi connectivity index (χ1n) is 7.24. The Kier molecular flexibility index (Phi) is 4.51. The van der Waals surface area contributed by atoms with E-state index in [-0.39, 0.29) is 21.7 Å². The highest BCUT2D eigenvalue weighted by Gasteiger charge is 2.30. The van der Waals surface area contributed by atoms with Gasteiger partial charge in [-0.3, -0.25) is 0 Å². The molecule has 0 spiro atoms. The molecule has 5 heteroatoms. The van der Waals surface area contributed by atoms with Gasteiger partial charge in [-0.25, -0.2) is 8.78 Å². The lowest BCUT2D eigenvalue weighted by Crippen LogP contribution is -2.39. The van der Waals surface area contributed by atoms with Crippen molar-refractivity contribution in [2.75, 3.05) is 18.0 Å². The Bertz CT molecular complexity index is 521. The van der Waals surface area contributed by atoms with Gasteiger partial charge in [0.25, 0.3) is 0 Å². The molecule has 2 N–H and O–H groups in total. The van der Waals surface area contributed by atoms with Gasteiger partial charge in [0, 0.05) is 18.7 Å². The van der Waals surface area contributed by atoms with Crippen molar-refractivity contribution < 1.29 is 8.78 Å². The van der Waals surface area contributed by atoms with Gasteiger partial charge in [0.15, 0.2) is 0 Å². The molecule has 116 valence electrons. The monoisotopic (exact) mass is 312 g/mol. The second kappa shape index (κ2) is 5.87. The lowest BCUT2D eigenvalue weighted by molar-refractivity contribution is 0.198. The van der Waals surface area contributed by atoms with E-state index >= 15 is 0 Å². The zero-order valence-corrected chi connectivity index (χ0v) is 13.6. The number of benzene rings is 1. The van der Waals surface area contributed by atoms with Gasteiger partial charge in [-0.2, -0.15) is 0 Å². The van der Waals surface area contributed by atoms with E-state index < -0.39 is 11.6 Å². The SMILES string of the molecule is CC(C)(C)C1CCN(c2c(F)cc(C(N)=S)cc2F)CC1. The number of rotatable bonds is 2. The van der Waals surface area contributed by atoms with Crippen LogP contribution in [0, 0.1) is 23.0 Å². The third kappa shape index (κ3) is 3.51.